The van der Waals surface area contributed by atoms with Crippen molar-refractivity contribution in [3.8, 4) is 6.07 Å². The van der Waals surface area contributed by atoms with Gasteiger partial charge in [-0.25, -0.2) is 13.1 Å². The van der Waals surface area contributed by atoms with Crippen LogP contribution in [0.1, 0.15) is 20.8 Å². The van der Waals surface area contributed by atoms with Crippen molar-refractivity contribution in [2.24, 2.45) is 0 Å². The van der Waals surface area contributed by atoms with Crippen molar-refractivity contribution < 1.29 is 13.2 Å². The number of nitrogens with one attached hydrogen (secondary N) is 2. The Bertz CT molecular complexity index is 358. The van der Waals surface area contributed by atoms with E-state index < -0.39 is 27.2 Å². The van der Waals surface area contributed by atoms with Crippen molar-refractivity contribution in [3.63, 3.8) is 0 Å². The predicted molar refractivity (Wildman–Crippen MR) is 55.3 cm³/mol. The Labute approximate surface area is 89.7 Å². The van der Waals surface area contributed by atoms with Crippen molar-refractivity contribution in [1.29, 1.82) is 5.26 Å². The molecule has 2 N–H and O–H groups in total. The zero-order valence-corrected chi connectivity index (χ0v) is 9.76. The Balaban J connectivity index is 4.49. The Kier molecular flexibility index (Phi) is 5.25. The SMILES string of the molecule is CCNC(=O)C(C)NS(=O)(=O)C(C)C#N. The normalized spacial score (nSPS) is 15.1. The van der Waals surface area contributed by atoms with Crippen LogP contribution in [-0.2, 0) is 14.8 Å². The number of carbonyl (C=O) groups is 1. The first kappa shape index (κ1) is 13.9. The Morgan fingerprint density at radius 2 is 2.00 bits per heavy atom. The van der Waals surface area contributed by atoms with E-state index >= 15 is 0 Å². The van der Waals surface area contributed by atoms with E-state index in [1.165, 1.54) is 13.8 Å². The van der Waals surface area contributed by atoms with Gasteiger partial charge in [0.25, 0.3) is 0 Å². The molecule has 86 valence electrons. The summed E-state index contributed by atoms with van der Waals surface area (Å²) in [5.41, 5.74) is 0. The predicted octanol–water partition coefficient (Wildman–Crippen LogP) is -0.658. The summed E-state index contributed by atoms with van der Waals surface area (Å²) in [7, 11) is -3.74. The van der Waals surface area contributed by atoms with Gasteiger partial charge in [0.1, 0.15) is 0 Å². The Morgan fingerprint density at radius 3 is 2.40 bits per heavy atom. The van der Waals surface area contributed by atoms with Gasteiger partial charge >= 0.3 is 0 Å². The van der Waals surface area contributed by atoms with Crippen LogP contribution < -0.4 is 10.0 Å². The van der Waals surface area contributed by atoms with Crippen molar-refractivity contribution in [2.45, 2.75) is 32.1 Å². The highest BCUT2D eigenvalue weighted by Gasteiger charge is 2.25. The molecule has 0 saturated carbocycles. The first-order valence-corrected chi connectivity index (χ1v) is 6.08. The molecule has 0 saturated heterocycles. The Morgan fingerprint density at radius 1 is 1.47 bits per heavy atom. The standard InChI is InChI=1S/C8H15N3O3S/c1-4-10-8(12)7(3)11-15(13,14)6(2)5-9/h6-7,11H,4H2,1-3H3,(H,10,12). The summed E-state index contributed by atoms with van der Waals surface area (Å²) in [6, 6.07) is 0.730. The fourth-order valence-electron chi connectivity index (χ4n) is 0.799. The lowest BCUT2D eigenvalue weighted by atomic mass is 10.3. The molecule has 0 aliphatic carbocycles. The maximum Gasteiger partial charge on any atom is 0.237 e. The second-order valence-corrected chi connectivity index (χ2v) is 5.08. The van der Waals surface area contributed by atoms with Gasteiger partial charge in [-0.1, -0.05) is 0 Å². The fourth-order valence-corrected chi connectivity index (χ4v) is 1.74. The third kappa shape index (κ3) is 4.27. The van der Waals surface area contributed by atoms with Gasteiger partial charge in [-0.2, -0.15) is 5.26 Å². The number of hydrogen-bond donors (Lipinski definition) is 2. The summed E-state index contributed by atoms with van der Waals surface area (Å²) in [6.07, 6.45) is 0. The van der Waals surface area contributed by atoms with Gasteiger partial charge < -0.3 is 5.32 Å². The molecule has 0 fully saturated rings. The van der Waals surface area contributed by atoms with Crippen LogP contribution in [0, 0.1) is 11.3 Å². The minimum absolute atomic E-state index is 0.411. The van der Waals surface area contributed by atoms with E-state index in [1.807, 2.05) is 0 Å². The van der Waals surface area contributed by atoms with Gasteiger partial charge in [0.2, 0.25) is 15.9 Å². The third-order valence-electron chi connectivity index (χ3n) is 1.73. The molecule has 15 heavy (non-hydrogen) atoms. The molecule has 1 amide bonds. The van der Waals surface area contributed by atoms with E-state index in [0.717, 1.165) is 0 Å². The maximum absolute atomic E-state index is 11.4. The number of nitriles is 1. The first-order chi connectivity index (χ1) is 6.85. The number of hydrogen-bond acceptors (Lipinski definition) is 4. The third-order valence-corrected chi connectivity index (χ3v) is 3.45. The minimum atomic E-state index is -3.74. The molecule has 2 unspecified atom stereocenters. The molecule has 6 nitrogen and oxygen atoms in total. The summed E-state index contributed by atoms with van der Waals surface area (Å²) in [5, 5.41) is 9.76. The van der Waals surface area contributed by atoms with E-state index in [2.05, 4.69) is 10.0 Å². The van der Waals surface area contributed by atoms with Crippen LogP contribution in [0.5, 0.6) is 0 Å². The average Bonchev–Trinajstić information content (AvgIpc) is 2.16. The monoisotopic (exact) mass is 233 g/mol. The van der Waals surface area contributed by atoms with Gasteiger partial charge in [-0.15, -0.1) is 0 Å². The highest BCUT2D eigenvalue weighted by Crippen LogP contribution is 1.98. The molecule has 0 aromatic rings. The molecule has 0 spiro atoms. The van der Waals surface area contributed by atoms with Crippen LogP contribution in [0.25, 0.3) is 0 Å². The molecule has 0 aliphatic heterocycles. The molecule has 0 aliphatic rings. The Hall–Kier alpha value is -1.13. The van der Waals surface area contributed by atoms with E-state index in [-0.39, 0.29) is 0 Å². The molecular weight excluding hydrogens is 218 g/mol. The van der Waals surface area contributed by atoms with Gasteiger partial charge in [-0.05, 0) is 20.8 Å². The molecule has 0 bridgehead atoms. The van der Waals surface area contributed by atoms with E-state index in [4.69, 9.17) is 5.26 Å². The number of amides is 1. The van der Waals surface area contributed by atoms with E-state index in [0.29, 0.717) is 6.54 Å². The van der Waals surface area contributed by atoms with Crippen LogP contribution in [-0.4, -0.2) is 32.2 Å². The summed E-state index contributed by atoms with van der Waals surface area (Å²) in [5.74, 6) is -0.411. The van der Waals surface area contributed by atoms with Gasteiger partial charge in [0.05, 0.1) is 12.1 Å². The van der Waals surface area contributed by atoms with Gasteiger partial charge in [0, 0.05) is 6.54 Å². The zero-order chi connectivity index (χ0) is 12.1. The molecule has 0 rings (SSSR count). The van der Waals surface area contributed by atoms with Crippen molar-refractivity contribution in [3.05, 3.63) is 0 Å². The fraction of sp³-hybridized carbons (Fsp3) is 0.750. The molecule has 7 heteroatoms. The summed E-state index contributed by atoms with van der Waals surface area (Å²) < 4.78 is 24.9. The lowest BCUT2D eigenvalue weighted by molar-refractivity contribution is -0.122. The molecule has 0 aromatic carbocycles. The average molecular weight is 233 g/mol. The largest absolute Gasteiger partial charge is 0.355 e. The lowest BCUT2D eigenvalue weighted by Crippen LogP contribution is -2.46. The van der Waals surface area contributed by atoms with Gasteiger partial charge in [0.15, 0.2) is 5.25 Å². The zero-order valence-electron chi connectivity index (χ0n) is 8.94. The van der Waals surface area contributed by atoms with E-state index in [9.17, 15) is 13.2 Å². The number of rotatable bonds is 5. The van der Waals surface area contributed by atoms with E-state index in [1.54, 1.807) is 13.0 Å². The van der Waals surface area contributed by atoms with Crippen LogP contribution in [0.3, 0.4) is 0 Å². The van der Waals surface area contributed by atoms with Crippen molar-refractivity contribution >= 4 is 15.9 Å². The van der Waals surface area contributed by atoms with Crippen molar-refractivity contribution in [1.82, 2.24) is 10.0 Å². The second-order valence-electron chi connectivity index (χ2n) is 3.05. The quantitative estimate of drug-likeness (QED) is 0.658. The van der Waals surface area contributed by atoms with Crippen molar-refractivity contribution in [2.75, 3.05) is 6.54 Å². The summed E-state index contributed by atoms with van der Waals surface area (Å²) in [6.45, 7) is 4.84. The molecule has 0 aromatic heterocycles. The number of nitrogens with zero attached hydrogens (tertiary/aromatic N) is 1. The highest BCUT2D eigenvalue weighted by molar-refractivity contribution is 7.90. The lowest BCUT2D eigenvalue weighted by Gasteiger charge is -2.14. The highest BCUT2D eigenvalue weighted by atomic mass is 32.2. The number of carbonyl (C=O) groups excluding carboxylic acids is 1. The molecule has 0 heterocycles. The topological polar surface area (TPSA) is 99.1 Å². The first-order valence-electron chi connectivity index (χ1n) is 4.53. The maximum atomic E-state index is 11.4. The molecule has 0 radical (unpaired) electrons. The smallest absolute Gasteiger partial charge is 0.237 e. The number of likely N-dealkylation sites (N-methyl/N-ethyl adjacent to an activating group) is 1. The molecular formula is C8H15N3O3S. The summed E-state index contributed by atoms with van der Waals surface area (Å²) in [4.78, 5) is 11.2. The second kappa shape index (κ2) is 5.68. The number of sulfonamides is 1. The van der Waals surface area contributed by atoms with Crippen LogP contribution in [0.15, 0.2) is 0 Å². The van der Waals surface area contributed by atoms with Crippen LogP contribution in [0.4, 0.5) is 0 Å². The minimum Gasteiger partial charge on any atom is -0.355 e. The van der Waals surface area contributed by atoms with Gasteiger partial charge in [-0.3, -0.25) is 4.79 Å². The van der Waals surface area contributed by atoms with Crippen LogP contribution in [0.2, 0.25) is 0 Å². The molecule has 2 atom stereocenters. The summed E-state index contributed by atoms with van der Waals surface area (Å²) >= 11 is 0. The van der Waals surface area contributed by atoms with Crippen LogP contribution >= 0.6 is 0 Å².